The van der Waals surface area contributed by atoms with Gasteiger partial charge in [-0.25, -0.2) is 5.48 Å². The third-order valence-electron chi connectivity index (χ3n) is 10.1. The number of likely N-dealkylation sites (tertiary alicyclic amines) is 1. The number of nitrogens with one attached hydrogen (secondary N) is 3. The van der Waals surface area contributed by atoms with Gasteiger partial charge in [-0.1, -0.05) is 98.6 Å². The van der Waals surface area contributed by atoms with Gasteiger partial charge in [-0.05, 0) is 50.8 Å². The average molecular weight is 779 g/mol. The predicted molar refractivity (Wildman–Crippen MR) is 216 cm³/mol. The maximum absolute atomic E-state index is 12.8. The van der Waals surface area contributed by atoms with Crippen LogP contribution in [0.15, 0.2) is 30.3 Å². The maximum Gasteiger partial charge on any atom is 0.266 e. The van der Waals surface area contributed by atoms with Gasteiger partial charge in [0.15, 0.2) is 0 Å². The summed E-state index contributed by atoms with van der Waals surface area (Å²) in [5.41, 5.74) is 2.46. The van der Waals surface area contributed by atoms with E-state index < -0.39 is 24.0 Å². The largest absolute Gasteiger partial charge is 0.379 e. The van der Waals surface area contributed by atoms with Gasteiger partial charge in [-0.3, -0.25) is 34.1 Å². The zero-order valence-electron chi connectivity index (χ0n) is 36.0. The highest BCUT2D eigenvalue weighted by Crippen LogP contribution is 2.25. The summed E-state index contributed by atoms with van der Waals surface area (Å²) < 4.78 is 11.1. The molecule has 2 rings (SSSR count). The molecule has 8 unspecified atom stereocenters. The number of likely N-dealkylation sites (N-methyl/N-ethyl adjacent to an activating group) is 2. The van der Waals surface area contributed by atoms with Crippen LogP contribution in [0.25, 0.3) is 0 Å². The van der Waals surface area contributed by atoms with Crippen molar-refractivity contribution in [3.8, 4) is 0 Å². The quantitative estimate of drug-likeness (QED) is 0.0872. The summed E-state index contributed by atoms with van der Waals surface area (Å²) in [5.74, 6) is -1.34. The molecule has 5 amide bonds. The summed E-state index contributed by atoms with van der Waals surface area (Å²) in [5, 5.41) is 14.5. The third-order valence-corrected chi connectivity index (χ3v) is 10.1. The van der Waals surface area contributed by atoms with Crippen LogP contribution in [0.3, 0.4) is 0 Å². The van der Waals surface area contributed by atoms with Crippen LogP contribution in [0.4, 0.5) is 0 Å². The van der Waals surface area contributed by atoms with E-state index in [-0.39, 0.29) is 60.8 Å². The van der Waals surface area contributed by atoms with Gasteiger partial charge in [-0.2, -0.15) is 0 Å². The smallest absolute Gasteiger partial charge is 0.266 e. The number of carbonyl (C=O) groups is 5. The number of benzene rings is 1. The van der Waals surface area contributed by atoms with E-state index in [0.717, 1.165) is 37.7 Å². The predicted octanol–water partition coefficient (Wildman–Crippen LogP) is 3.89. The molecule has 1 aromatic rings. The molecular formula is C41H74N6O8. The van der Waals surface area contributed by atoms with Crippen LogP contribution >= 0.6 is 0 Å². The standard InChI is InChI=1S/C19H27N3O5.C19H39N3O3.C3H8/c1-13(17(27-2)16-9-6-10-22(16)12-23)18(24)20-15(19(25)21-26)11-14-7-4-3-5-8-14;1-10-14(5)18(15(11-2)25-9)22(8)16(23)12-20-19(24)17(13(3)4)21(6)7;1-3-2/h3-5,7-8,12-13,15-17,26H,6,9-11H2,1-2H3,(H,20,24)(H,21,25);13-15,17-18H,10-12H2,1-9H3,(H,20,24);3H2,1-2H3. The lowest BCUT2D eigenvalue weighted by molar-refractivity contribution is -0.139. The van der Waals surface area contributed by atoms with Crippen molar-refractivity contribution in [3.63, 3.8) is 0 Å². The van der Waals surface area contributed by atoms with Gasteiger partial charge in [0.25, 0.3) is 5.91 Å². The molecule has 1 heterocycles. The van der Waals surface area contributed by atoms with Gasteiger partial charge in [-0.15, -0.1) is 0 Å². The first-order chi connectivity index (χ1) is 26.0. The van der Waals surface area contributed by atoms with Crippen LogP contribution in [0.5, 0.6) is 0 Å². The van der Waals surface area contributed by atoms with Crippen molar-refractivity contribution in [2.24, 2.45) is 17.8 Å². The van der Waals surface area contributed by atoms with Crippen LogP contribution in [0.1, 0.15) is 93.1 Å². The van der Waals surface area contributed by atoms with Crippen LogP contribution in [0, 0.1) is 17.8 Å². The molecule has 55 heavy (non-hydrogen) atoms. The Kier molecular flexibility index (Phi) is 26.1. The minimum atomic E-state index is -0.921. The summed E-state index contributed by atoms with van der Waals surface area (Å²) in [6.07, 6.45) is 5.22. The van der Waals surface area contributed by atoms with Gasteiger partial charge >= 0.3 is 0 Å². The molecule has 316 valence electrons. The van der Waals surface area contributed by atoms with Crippen molar-refractivity contribution in [2.75, 3.05) is 48.5 Å². The Morgan fingerprint density at radius 1 is 0.927 bits per heavy atom. The van der Waals surface area contributed by atoms with Crippen LogP contribution < -0.4 is 16.1 Å². The zero-order valence-corrected chi connectivity index (χ0v) is 36.0. The molecule has 0 aromatic heterocycles. The molecule has 14 heteroatoms. The summed E-state index contributed by atoms with van der Waals surface area (Å²) in [7, 11) is 8.76. The van der Waals surface area contributed by atoms with Gasteiger partial charge in [0.05, 0.1) is 42.8 Å². The molecule has 0 radical (unpaired) electrons. The second-order valence-electron chi connectivity index (χ2n) is 14.9. The van der Waals surface area contributed by atoms with Crippen LogP contribution in [-0.4, -0.2) is 135 Å². The highest BCUT2D eigenvalue weighted by atomic mass is 16.5. The minimum Gasteiger partial charge on any atom is -0.379 e. The van der Waals surface area contributed by atoms with E-state index >= 15 is 0 Å². The molecule has 4 N–H and O–H groups in total. The Morgan fingerprint density at radius 3 is 1.98 bits per heavy atom. The number of hydrogen-bond donors (Lipinski definition) is 4. The van der Waals surface area contributed by atoms with Crippen LogP contribution in [-0.2, 0) is 39.9 Å². The maximum atomic E-state index is 12.8. The highest BCUT2D eigenvalue weighted by molar-refractivity contribution is 5.88. The second kappa shape index (κ2) is 27.9. The fourth-order valence-electron chi connectivity index (χ4n) is 7.06. The van der Waals surface area contributed by atoms with Crippen molar-refractivity contribution in [1.82, 2.24) is 30.8 Å². The lowest BCUT2D eigenvalue weighted by atomic mass is 9.91. The average Bonchev–Trinajstić information content (AvgIpc) is 3.64. The molecule has 0 aliphatic carbocycles. The van der Waals surface area contributed by atoms with Gasteiger partial charge < -0.3 is 29.9 Å². The van der Waals surface area contributed by atoms with Crippen molar-refractivity contribution >= 4 is 30.0 Å². The Hall–Kier alpha value is -3.59. The molecule has 1 aromatic carbocycles. The van der Waals surface area contributed by atoms with E-state index in [4.69, 9.17) is 14.7 Å². The first-order valence-corrected chi connectivity index (χ1v) is 19.8. The third kappa shape index (κ3) is 17.0. The lowest BCUT2D eigenvalue weighted by Gasteiger charge is -2.37. The Morgan fingerprint density at radius 2 is 1.53 bits per heavy atom. The van der Waals surface area contributed by atoms with Gasteiger partial charge in [0.2, 0.25) is 24.1 Å². The molecule has 1 fully saturated rings. The van der Waals surface area contributed by atoms with E-state index in [1.54, 1.807) is 36.4 Å². The Labute approximate surface area is 331 Å². The normalized spacial score (nSPS) is 17.5. The monoisotopic (exact) mass is 779 g/mol. The number of ether oxygens (including phenoxy) is 2. The Bertz CT molecular complexity index is 1240. The number of hydrogen-bond acceptors (Lipinski definition) is 9. The number of methoxy groups -OCH3 is 2. The van der Waals surface area contributed by atoms with Gasteiger partial charge in [0, 0.05) is 34.2 Å². The van der Waals surface area contributed by atoms with Crippen molar-refractivity contribution in [2.45, 2.75) is 130 Å². The fourth-order valence-corrected chi connectivity index (χ4v) is 7.06. The Balaban J connectivity index is 0.000000993. The van der Waals surface area contributed by atoms with E-state index in [1.165, 1.54) is 13.5 Å². The fraction of sp³-hybridized carbons (Fsp3) is 0.732. The van der Waals surface area contributed by atoms with Crippen LogP contribution in [0.2, 0.25) is 0 Å². The topological polar surface area (TPSA) is 170 Å². The number of rotatable bonds is 20. The number of hydroxylamine groups is 1. The van der Waals surface area contributed by atoms with Crippen molar-refractivity contribution < 1.29 is 38.7 Å². The lowest BCUT2D eigenvalue weighted by Crippen LogP contribution is -2.53. The van der Waals surface area contributed by atoms with E-state index in [1.807, 2.05) is 63.2 Å². The molecule has 14 nitrogen and oxygen atoms in total. The molecule has 1 saturated heterocycles. The zero-order chi connectivity index (χ0) is 42.2. The second-order valence-corrected chi connectivity index (χ2v) is 14.9. The number of carbonyl (C=O) groups excluding carboxylic acids is 5. The summed E-state index contributed by atoms with van der Waals surface area (Å²) >= 11 is 0. The molecule has 0 spiro atoms. The van der Waals surface area contributed by atoms with E-state index in [9.17, 15) is 24.0 Å². The van der Waals surface area contributed by atoms with Crippen molar-refractivity contribution in [3.05, 3.63) is 35.9 Å². The molecule has 8 atom stereocenters. The number of amides is 5. The summed E-state index contributed by atoms with van der Waals surface area (Å²) in [4.78, 5) is 66.3. The first kappa shape index (κ1) is 51.4. The summed E-state index contributed by atoms with van der Waals surface area (Å²) in [6.45, 7) is 16.9. The number of nitrogens with zero attached hydrogens (tertiary/aromatic N) is 3. The van der Waals surface area contributed by atoms with Gasteiger partial charge in [0.1, 0.15) is 6.04 Å². The highest BCUT2D eigenvalue weighted by Gasteiger charge is 2.38. The molecule has 0 bridgehead atoms. The minimum absolute atomic E-state index is 0.000790. The molecular weight excluding hydrogens is 704 g/mol. The molecule has 1 aliphatic heterocycles. The van der Waals surface area contributed by atoms with E-state index in [2.05, 4.69) is 45.3 Å². The molecule has 1 aliphatic rings. The first-order valence-electron chi connectivity index (χ1n) is 19.8. The van der Waals surface area contributed by atoms with Crippen molar-refractivity contribution in [1.29, 1.82) is 0 Å². The SMILES string of the molecule is CCC.CCC(C)C(C(CC)OC)N(C)C(=O)CNC(=O)C(C(C)C)N(C)C.COC(C(C)C(=O)NC(Cc1ccccc1)C(=O)NO)C1CCCN1C=O. The molecule has 0 saturated carbocycles. The van der Waals surface area contributed by atoms with E-state index in [0.29, 0.717) is 12.5 Å². The summed E-state index contributed by atoms with van der Waals surface area (Å²) in [6, 6.07) is 7.87.